The third kappa shape index (κ3) is 7.90. The molecule has 1 heterocycles. The van der Waals surface area contributed by atoms with Gasteiger partial charge in [0.2, 0.25) is 11.8 Å². The van der Waals surface area contributed by atoms with E-state index in [-0.39, 0.29) is 30.3 Å². The number of methoxy groups -OCH3 is 1. The zero-order chi connectivity index (χ0) is 28.3. The number of hydrogen-bond donors (Lipinski definition) is 0. The van der Waals surface area contributed by atoms with Crippen molar-refractivity contribution < 1.29 is 18.7 Å². The molecule has 1 aromatic heterocycles. The lowest BCUT2D eigenvalue weighted by Gasteiger charge is -2.28. The van der Waals surface area contributed by atoms with Crippen molar-refractivity contribution in [1.29, 1.82) is 0 Å². The molecule has 0 aliphatic rings. The van der Waals surface area contributed by atoms with Crippen molar-refractivity contribution in [2.75, 3.05) is 26.8 Å². The van der Waals surface area contributed by atoms with E-state index in [1.165, 1.54) is 6.26 Å². The molecule has 0 unspecified atom stereocenters. The van der Waals surface area contributed by atoms with Crippen LogP contribution in [0.2, 0.25) is 0 Å². The van der Waals surface area contributed by atoms with E-state index < -0.39 is 0 Å². The van der Waals surface area contributed by atoms with Crippen LogP contribution in [0.4, 0.5) is 0 Å². The van der Waals surface area contributed by atoms with Gasteiger partial charge in [-0.3, -0.25) is 14.4 Å². The maximum atomic E-state index is 13.8. The van der Waals surface area contributed by atoms with Gasteiger partial charge in [-0.1, -0.05) is 72.3 Å². The number of aryl methyl sites for hydroxylation is 2. The number of nitrogens with zero attached hydrogens (tertiary/aromatic N) is 2. The highest BCUT2D eigenvalue weighted by Crippen LogP contribution is 2.16. The standard InChI is InChI=1S/C33H36N2O5/c1-25-14-16-30-29(20-25)33(38)28(24-40-30)22-35(21-27-12-7-4-8-13-27)32(37)23-34(18-9-19-39-2)31(36)17-15-26-10-5-3-6-11-26/h3-8,10-14,16,20,24H,9,15,17-19,21-23H2,1-2H3. The molecular formula is C33H36N2O5. The fourth-order valence-electron chi connectivity index (χ4n) is 4.64. The minimum atomic E-state index is -0.238. The first-order valence-corrected chi connectivity index (χ1v) is 13.6. The van der Waals surface area contributed by atoms with Crippen LogP contribution in [-0.2, 0) is 33.8 Å². The molecule has 40 heavy (non-hydrogen) atoms. The second-order valence-electron chi connectivity index (χ2n) is 9.97. The van der Waals surface area contributed by atoms with E-state index in [1.807, 2.05) is 73.7 Å². The maximum absolute atomic E-state index is 13.8. The fraction of sp³-hybridized carbons (Fsp3) is 0.303. The zero-order valence-corrected chi connectivity index (χ0v) is 23.2. The van der Waals surface area contributed by atoms with Crippen LogP contribution in [0.1, 0.15) is 35.1 Å². The summed E-state index contributed by atoms with van der Waals surface area (Å²) < 4.78 is 10.9. The molecule has 0 spiro atoms. The number of fused-ring (bicyclic) bond motifs is 1. The van der Waals surface area contributed by atoms with Crippen molar-refractivity contribution in [3.05, 3.63) is 118 Å². The first-order valence-electron chi connectivity index (χ1n) is 13.6. The number of carbonyl (C=O) groups is 2. The molecule has 0 atom stereocenters. The quantitative estimate of drug-likeness (QED) is 0.220. The smallest absolute Gasteiger partial charge is 0.242 e. The van der Waals surface area contributed by atoms with E-state index in [1.54, 1.807) is 29.0 Å². The predicted octanol–water partition coefficient (Wildman–Crippen LogP) is 5.13. The topological polar surface area (TPSA) is 80.1 Å². The lowest BCUT2D eigenvalue weighted by atomic mass is 10.1. The normalized spacial score (nSPS) is 10.9. The van der Waals surface area contributed by atoms with Crippen LogP contribution in [0.15, 0.2) is 94.3 Å². The number of carbonyl (C=O) groups excluding carboxylic acids is 2. The Morgan fingerprint density at radius 2 is 1.55 bits per heavy atom. The molecule has 2 amide bonds. The minimum Gasteiger partial charge on any atom is -0.464 e. The third-order valence-electron chi connectivity index (χ3n) is 6.86. The largest absolute Gasteiger partial charge is 0.464 e. The fourth-order valence-corrected chi connectivity index (χ4v) is 4.64. The van der Waals surface area contributed by atoms with Crippen molar-refractivity contribution in [3.8, 4) is 0 Å². The summed E-state index contributed by atoms with van der Waals surface area (Å²) in [5.41, 5.74) is 3.69. The number of hydrogen-bond acceptors (Lipinski definition) is 5. The van der Waals surface area contributed by atoms with E-state index in [4.69, 9.17) is 9.15 Å². The highest BCUT2D eigenvalue weighted by molar-refractivity contribution is 5.85. The number of rotatable bonds is 13. The summed E-state index contributed by atoms with van der Waals surface area (Å²) in [6.45, 7) is 3.11. The molecule has 0 radical (unpaired) electrons. The Bertz CT molecular complexity index is 1470. The van der Waals surface area contributed by atoms with Crippen LogP contribution in [0.25, 0.3) is 11.0 Å². The van der Waals surface area contributed by atoms with Gasteiger partial charge in [-0.25, -0.2) is 0 Å². The van der Waals surface area contributed by atoms with Crippen molar-refractivity contribution in [2.24, 2.45) is 0 Å². The average molecular weight is 541 g/mol. The van der Waals surface area contributed by atoms with Gasteiger partial charge in [-0.15, -0.1) is 0 Å². The molecule has 0 aliphatic carbocycles. The Labute approximate surface area is 235 Å². The van der Waals surface area contributed by atoms with Gasteiger partial charge >= 0.3 is 0 Å². The Balaban J connectivity index is 1.55. The van der Waals surface area contributed by atoms with E-state index in [2.05, 4.69) is 0 Å². The lowest BCUT2D eigenvalue weighted by molar-refractivity contribution is -0.141. The first-order chi connectivity index (χ1) is 19.4. The number of ether oxygens (including phenoxy) is 1. The second kappa shape index (κ2) is 14.2. The van der Waals surface area contributed by atoms with Crippen molar-refractivity contribution in [1.82, 2.24) is 9.80 Å². The Hall–Kier alpha value is -4.23. The molecule has 4 aromatic rings. The van der Waals surface area contributed by atoms with E-state index in [0.29, 0.717) is 55.5 Å². The first kappa shape index (κ1) is 28.8. The van der Waals surface area contributed by atoms with Gasteiger partial charge in [0.1, 0.15) is 5.58 Å². The summed E-state index contributed by atoms with van der Waals surface area (Å²) in [6, 6.07) is 24.9. The highest BCUT2D eigenvalue weighted by Gasteiger charge is 2.23. The van der Waals surface area contributed by atoms with Crippen LogP contribution >= 0.6 is 0 Å². The number of amides is 2. The van der Waals surface area contributed by atoms with Gasteiger partial charge in [0, 0.05) is 33.2 Å². The van der Waals surface area contributed by atoms with Gasteiger partial charge in [-0.05, 0) is 43.0 Å². The Kier molecular flexibility index (Phi) is 10.2. The van der Waals surface area contributed by atoms with E-state index >= 15 is 0 Å². The molecule has 208 valence electrons. The molecule has 7 heteroatoms. The van der Waals surface area contributed by atoms with E-state index in [9.17, 15) is 14.4 Å². The summed E-state index contributed by atoms with van der Waals surface area (Å²) in [5.74, 6) is -0.327. The molecule has 0 saturated carbocycles. The molecule has 0 N–H and O–H groups in total. The SMILES string of the molecule is COCCCN(CC(=O)N(Cc1ccccc1)Cc1coc2ccc(C)cc2c1=O)C(=O)CCc1ccccc1. The Morgan fingerprint density at radius 1 is 0.850 bits per heavy atom. The van der Waals surface area contributed by atoms with Crippen molar-refractivity contribution in [3.63, 3.8) is 0 Å². The molecular weight excluding hydrogens is 504 g/mol. The van der Waals surface area contributed by atoms with Gasteiger partial charge in [0.05, 0.1) is 30.3 Å². The van der Waals surface area contributed by atoms with Crippen LogP contribution in [0, 0.1) is 6.92 Å². The molecule has 0 bridgehead atoms. The van der Waals surface area contributed by atoms with Crippen LogP contribution in [0.5, 0.6) is 0 Å². The summed E-state index contributed by atoms with van der Waals surface area (Å²) in [5, 5.41) is 0.488. The summed E-state index contributed by atoms with van der Waals surface area (Å²) in [7, 11) is 1.62. The van der Waals surface area contributed by atoms with Crippen LogP contribution in [-0.4, -0.2) is 48.4 Å². The van der Waals surface area contributed by atoms with Gasteiger partial charge < -0.3 is 19.0 Å². The predicted molar refractivity (Wildman–Crippen MR) is 156 cm³/mol. The van der Waals surface area contributed by atoms with Gasteiger partial charge in [0.15, 0.2) is 5.43 Å². The van der Waals surface area contributed by atoms with Crippen LogP contribution < -0.4 is 5.43 Å². The van der Waals surface area contributed by atoms with Gasteiger partial charge in [-0.2, -0.15) is 0 Å². The zero-order valence-electron chi connectivity index (χ0n) is 23.2. The van der Waals surface area contributed by atoms with Gasteiger partial charge in [0.25, 0.3) is 0 Å². The monoisotopic (exact) mass is 540 g/mol. The third-order valence-corrected chi connectivity index (χ3v) is 6.86. The summed E-state index contributed by atoms with van der Waals surface area (Å²) in [4.78, 5) is 43.6. The average Bonchev–Trinajstić information content (AvgIpc) is 2.97. The summed E-state index contributed by atoms with van der Waals surface area (Å²) >= 11 is 0. The van der Waals surface area contributed by atoms with Crippen molar-refractivity contribution >= 4 is 22.8 Å². The molecule has 0 aliphatic heterocycles. The van der Waals surface area contributed by atoms with Crippen LogP contribution in [0.3, 0.4) is 0 Å². The minimum absolute atomic E-state index is 0.0735. The molecule has 3 aromatic carbocycles. The molecule has 4 rings (SSSR count). The molecule has 7 nitrogen and oxygen atoms in total. The van der Waals surface area contributed by atoms with E-state index in [0.717, 1.165) is 16.7 Å². The summed E-state index contributed by atoms with van der Waals surface area (Å²) in [6.07, 6.45) is 2.95. The molecule has 0 saturated heterocycles. The highest BCUT2D eigenvalue weighted by atomic mass is 16.5. The van der Waals surface area contributed by atoms with Crippen molar-refractivity contribution in [2.45, 2.75) is 39.3 Å². The lowest BCUT2D eigenvalue weighted by Crippen LogP contribution is -2.43. The number of benzene rings is 3. The Morgan fingerprint density at radius 3 is 2.25 bits per heavy atom. The second-order valence-corrected chi connectivity index (χ2v) is 9.97. The molecule has 0 fully saturated rings. The maximum Gasteiger partial charge on any atom is 0.242 e.